The number of ether oxygens (including phenoxy) is 2. The number of hydrogen-bond acceptors (Lipinski definition) is 5. The summed E-state index contributed by atoms with van der Waals surface area (Å²) in [4.78, 5) is 39.4. The molecule has 5 nitrogen and oxygen atoms in total. The maximum atomic E-state index is 14.3. The van der Waals surface area contributed by atoms with Gasteiger partial charge in [0, 0.05) is 43.1 Å². The molecular formula is C29H44O5. The molecule has 1 saturated heterocycles. The van der Waals surface area contributed by atoms with Crippen molar-refractivity contribution in [2.75, 3.05) is 6.61 Å². The lowest BCUT2D eigenvalue weighted by Crippen LogP contribution is -2.69. The van der Waals surface area contributed by atoms with Crippen LogP contribution in [0.4, 0.5) is 0 Å². The third-order valence-electron chi connectivity index (χ3n) is 12.1. The predicted octanol–water partition coefficient (Wildman–Crippen LogP) is 5.53. The highest BCUT2D eigenvalue weighted by atomic mass is 16.7. The molecule has 34 heavy (non-hydrogen) atoms. The lowest BCUT2D eigenvalue weighted by atomic mass is 9.36. The summed E-state index contributed by atoms with van der Waals surface area (Å²) in [6, 6.07) is 0. The number of rotatable bonds is 5. The van der Waals surface area contributed by atoms with E-state index in [0.29, 0.717) is 37.7 Å². The van der Waals surface area contributed by atoms with E-state index in [4.69, 9.17) is 9.47 Å². The number of hydrogen-bond donors (Lipinski definition) is 0. The predicted molar refractivity (Wildman–Crippen MR) is 129 cm³/mol. The van der Waals surface area contributed by atoms with E-state index in [9.17, 15) is 14.4 Å². The largest absolute Gasteiger partial charge is 0.352 e. The molecule has 0 amide bonds. The van der Waals surface area contributed by atoms with Crippen LogP contribution < -0.4 is 0 Å². The Morgan fingerprint density at radius 3 is 2.44 bits per heavy atom. The fourth-order valence-corrected chi connectivity index (χ4v) is 10.4. The maximum absolute atomic E-state index is 14.3. The summed E-state index contributed by atoms with van der Waals surface area (Å²) in [5.41, 5.74) is -1.95. The fraction of sp³-hybridized carbons (Fsp3) is 0.897. The molecule has 190 valence electrons. The lowest BCUT2D eigenvalue weighted by molar-refractivity contribution is -0.230. The quantitative estimate of drug-likeness (QED) is 0.526. The van der Waals surface area contributed by atoms with E-state index in [1.807, 2.05) is 20.8 Å². The molecule has 0 N–H and O–H groups in total. The van der Waals surface area contributed by atoms with Gasteiger partial charge in [-0.2, -0.15) is 0 Å². The Labute approximate surface area is 205 Å². The third-order valence-corrected chi connectivity index (χ3v) is 12.1. The third kappa shape index (κ3) is 2.67. The molecule has 5 heteroatoms. The van der Waals surface area contributed by atoms with E-state index < -0.39 is 17.3 Å². The summed E-state index contributed by atoms with van der Waals surface area (Å²) in [6.45, 7) is 15.2. The Kier molecular flexibility index (Phi) is 5.41. The number of ketones is 3. The Bertz CT molecular complexity index is 923. The molecule has 1 heterocycles. The van der Waals surface area contributed by atoms with Gasteiger partial charge in [0.1, 0.15) is 17.3 Å². The van der Waals surface area contributed by atoms with Crippen LogP contribution >= 0.6 is 0 Å². The number of carbonyl (C=O) groups excluding carboxylic acids is 3. The van der Waals surface area contributed by atoms with Gasteiger partial charge in [0.25, 0.3) is 0 Å². The zero-order valence-corrected chi connectivity index (χ0v) is 22.3. The highest BCUT2D eigenvalue weighted by Crippen LogP contribution is 2.79. The van der Waals surface area contributed by atoms with E-state index in [1.165, 1.54) is 0 Å². The Hall–Kier alpha value is -1.07. The minimum absolute atomic E-state index is 0.00675. The average molecular weight is 473 g/mol. The minimum atomic E-state index is -0.750. The number of Topliss-reactive ketones (excluding diaryl/α,β-unsaturated/α-hetero) is 3. The summed E-state index contributed by atoms with van der Waals surface area (Å²) in [7, 11) is 0. The molecule has 9 unspecified atom stereocenters. The summed E-state index contributed by atoms with van der Waals surface area (Å²) < 4.78 is 13.2. The van der Waals surface area contributed by atoms with Crippen LogP contribution in [0, 0.1) is 45.3 Å². The highest BCUT2D eigenvalue weighted by molar-refractivity contribution is 5.92. The molecule has 0 radical (unpaired) electrons. The Morgan fingerprint density at radius 2 is 1.79 bits per heavy atom. The number of carbonyl (C=O) groups is 3. The normalized spacial score (nSPS) is 49.9. The van der Waals surface area contributed by atoms with Crippen LogP contribution in [0.25, 0.3) is 0 Å². The van der Waals surface area contributed by atoms with Crippen molar-refractivity contribution in [3.05, 3.63) is 0 Å². The molecule has 9 atom stereocenters. The zero-order valence-electron chi connectivity index (χ0n) is 22.3. The second kappa shape index (κ2) is 7.47. The van der Waals surface area contributed by atoms with Crippen molar-refractivity contribution in [2.45, 2.75) is 112 Å². The van der Waals surface area contributed by atoms with Gasteiger partial charge in [-0.25, -0.2) is 0 Å². The fourth-order valence-electron chi connectivity index (χ4n) is 10.4. The van der Waals surface area contributed by atoms with Crippen molar-refractivity contribution < 1.29 is 23.9 Å². The van der Waals surface area contributed by atoms with Gasteiger partial charge in [-0.3, -0.25) is 9.59 Å². The summed E-state index contributed by atoms with van der Waals surface area (Å²) in [6.07, 6.45) is 5.88. The van der Waals surface area contributed by atoms with Gasteiger partial charge in [0.05, 0.1) is 11.0 Å². The molecule has 0 aromatic carbocycles. The molecule has 1 spiro atoms. The van der Waals surface area contributed by atoms with Gasteiger partial charge < -0.3 is 14.3 Å². The average Bonchev–Trinajstić information content (AvgIpc) is 3.11. The second-order valence-electron chi connectivity index (χ2n) is 13.5. The number of fused-ring (bicyclic) bond motifs is 2. The SMILES string of the molecule is CCOC1OC23CC(=O)C4C1(CCC1(C)C(C(C)CC(C)=O)CCC41C)C2CCC(=O)C3(C)C. The van der Waals surface area contributed by atoms with Gasteiger partial charge in [-0.15, -0.1) is 0 Å². The Balaban J connectivity index is 1.63. The van der Waals surface area contributed by atoms with Crippen LogP contribution in [0.1, 0.15) is 99.8 Å². The molecule has 5 aliphatic rings. The van der Waals surface area contributed by atoms with Gasteiger partial charge in [0.15, 0.2) is 6.29 Å². The summed E-state index contributed by atoms with van der Waals surface area (Å²) in [5.74, 6) is 1.57. The molecule has 0 aromatic heterocycles. The van der Waals surface area contributed by atoms with Crippen LogP contribution in [0.3, 0.4) is 0 Å². The van der Waals surface area contributed by atoms with Crippen LogP contribution in [0.2, 0.25) is 0 Å². The molecule has 0 aromatic rings. The van der Waals surface area contributed by atoms with Crippen molar-refractivity contribution in [3.8, 4) is 0 Å². The minimum Gasteiger partial charge on any atom is -0.352 e. The molecule has 5 rings (SSSR count). The van der Waals surface area contributed by atoms with Crippen molar-refractivity contribution >= 4 is 17.3 Å². The first kappa shape index (κ1) is 24.6. The first-order valence-electron chi connectivity index (χ1n) is 13.7. The first-order valence-corrected chi connectivity index (χ1v) is 13.7. The standard InChI is InChI=1S/C29H44O5/c1-8-33-24-28-14-13-26(6)19(17(2)15-18(3)30)11-12-27(26,7)23(28)20(31)16-29(34-24)21(28)9-10-22(32)25(29,4)5/h17,19,21,23-24H,8-16H2,1-7H3. The van der Waals surface area contributed by atoms with Crippen molar-refractivity contribution in [1.82, 2.24) is 0 Å². The van der Waals surface area contributed by atoms with Crippen LogP contribution in [0.5, 0.6) is 0 Å². The van der Waals surface area contributed by atoms with Crippen LogP contribution in [-0.4, -0.2) is 35.8 Å². The van der Waals surface area contributed by atoms with Crippen molar-refractivity contribution in [1.29, 1.82) is 0 Å². The van der Waals surface area contributed by atoms with Crippen molar-refractivity contribution in [3.63, 3.8) is 0 Å². The van der Waals surface area contributed by atoms with Gasteiger partial charge in [-0.05, 0) is 68.6 Å². The summed E-state index contributed by atoms with van der Waals surface area (Å²) in [5, 5.41) is 0. The van der Waals surface area contributed by atoms with E-state index in [2.05, 4.69) is 20.8 Å². The van der Waals surface area contributed by atoms with E-state index in [0.717, 1.165) is 32.1 Å². The molecule has 4 saturated carbocycles. The molecule has 5 fully saturated rings. The molecule has 4 aliphatic carbocycles. The molecule has 1 aliphatic heterocycles. The Morgan fingerprint density at radius 1 is 1.09 bits per heavy atom. The van der Waals surface area contributed by atoms with Gasteiger partial charge in [-0.1, -0.05) is 34.6 Å². The maximum Gasteiger partial charge on any atom is 0.165 e. The molecule has 2 bridgehead atoms. The highest BCUT2D eigenvalue weighted by Gasteiger charge is 2.82. The van der Waals surface area contributed by atoms with Crippen LogP contribution in [-0.2, 0) is 23.9 Å². The monoisotopic (exact) mass is 472 g/mol. The summed E-state index contributed by atoms with van der Waals surface area (Å²) >= 11 is 0. The zero-order chi connectivity index (χ0) is 24.9. The van der Waals surface area contributed by atoms with Gasteiger partial charge >= 0.3 is 0 Å². The smallest absolute Gasteiger partial charge is 0.165 e. The van der Waals surface area contributed by atoms with Crippen molar-refractivity contribution in [2.24, 2.45) is 45.3 Å². The molecular weight excluding hydrogens is 428 g/mol. The topological polar surface area (TPSA) is 69.7 Å². The van der Waals surface area contributed by atoms with E-state index >= 15 is 0 Å². The second-order valence-corrected chi connectivity index (χ2v) is 13.5. The first-order chi connectivity index (χ1) is 15.8. The van der Waals surface area contributed by atoms with E-state index in [1.54, 1.807) is 6.92 Å². The van der Waals surface area contributed by atoms with E-state index in [-0.39, 0.29) is 45.4 Å². The lowest BCUT2D eigenvalue weighted by Gasteiger charge is -2.65. The van der Waals surface area contributed by atoms with Crippen LogP contribution in [0.15, 0.2) is 0 Å². The van der Waals surface area contributed by atoms with Gasteiger partial charge in [0.2, 0.25) is 0 Å².